The number of aryl methyl sites for hydroxylation is 1. The van der Waals surface area contributed by atoms with Gasteiger partial charge < -0.3 is 30.1 Å². The smallest absolute Gasteiger partial charge is 0.416 e. The standard InChI is InChI=1S/C32H34F3N9O4/c1-3-23-27(41-13-15-42(16-14-41)29(47)26-24(45)5-4-10-37-26)30(48)44-31(39-28(40-44)20-8-11-36-12-9-20)43(23)18-25(46)38-22-7-6-21(17-19(22)2)32(33,34)35/h4-8,10,17,36,45H,3,9,11-16,18H2,1-2H3,(H,38,46). The van der Waals surface area contributed by atoms with E-state index < -0.39 is 29.1 Å². The summed E-state index contributed by atoms with van der Waals surface area (Å²) < 4.78 is 42.5. The molecule has 1 fully saturated rings. The number of benzene rings is 1. The highest BCUT2D eigenvalue weighted by Crippen LogP contribution is 2.32. The van der Waals surface area contributed by atoms with E-state index in [1.807, 2.05) is 17.9 Å². The molecule has 0 unspecified atom stereocenters. The maximum absolute atomic E-state index is 14.1. The number of alkyl halides is 3. The Labute approximate surface area is 272 Å². The molecular weight excluding hydrogens is 631 g/mol. The maximum Gasteiger partial charge on any atom is 0.416 e. The van der Waals surface area contributed by atoms with E-state index in [0.29, 0.717) is 43.1 Å². The van der Waals surface area contributed by atoms with Crippen molar-refractivity contribution in [1.29, 1.82) is 0 Å². The molecule has 1 aromatic carbocycles. The molecule has 252 valence electrons. The number of amides is 2. The van der Waals surface area contributed by atoms with Gasteiger partial charge in [-0.25, -0.2) is 4.98 Å². The maximum atomic E-state index is 14.1. The first-order chi connectivity index (χ1) is 23.0. The van der Waals surface area contributed by atoms with Gasteiger partial charge in [0.1, 0.15) is 18.0 Å². The van der Waals surface area contributed by atoms with Crippen molar-refractivity contribution >= 4 is 34.5 Å². The van der Waals surface area contributed by atoms with Crippen LogP contribution in [0.5, 0.6) is 5.75 Å². The predicted octanol–water partition coefficient (Wildman–Crippen LogP) is 2.86. The molecule has 0 atom stereocenters. The van der Waals surface area contributed by atoms with Crippen molar-refractivity contribution in [3.05, 3.63) is 81.3 Å². The zero-order chi connectivity index (χ0) is 34.2. The zero-order valence-corrected chi connectivity index (χ0v) is 26.3. The number of nitrogens with one attached hydrogen (secondary N) is 2. The number of nitrogens with zero attached hydrogens (tertiary/aromatic N) is 7. The van der Waals surface area contributed by atoms with Crippen molar-refractivity contribution in [3.8, 4) is 5.75 Å². The summed E-state index contributed by atoms with van der Waals surface area (Å²) in [6.45, 7) is 5.41. The molecule has 3 aromatic heterocycles. The van der Waals surface area contributed by atoms with E-state index in [2.05, 4.69) is 20.7 Å². The number of carbonyl (C=O) groups is 2. The third kappa shape index (κ3) is 6.34. The molecule has 6 rings (SSSR count). The van der Waals surface area contributed by atoms with Crippen LogP contribution in [0.2, 0.25) is 0 Å². The van der Waals surface area contributed by atoms with Gasteiger partial charge in [-0.3, -0.25) is 14.4 Å². The molecule has 48 heavy (non-hydrogen) atoms. The van der Waals surface area contributed by atoms with Crippen LogP contribution in [0.25, 0.3) is 11.4 Å². The Hall–Kier alpha value is -5.25. The number of hydrogen-bond donors (Lipinski definition) is 3. The van der Waals surface area contributed by atoms with Crippen molar-refractivity contribution in [2.75, 3.05) is 49.5 Å². The summed E-state index contributed by atoms with van der Waals surface area (Å²) in [5.74, 6) is -0.648. The van der Waals surface area contributed by atoms with E-state index in [1.165, 1.54) is 35.8 Å². The van der Waals surface area contributed by atoms with E-state index in [4.69, 9.17) is 4.98 Å². The van der Waals surface area contributed by atoms with Gasteiger partial charge in [-0.15, -0.1) is 5.10 Å². The molecule has 0 radical (unpaired) electrons. The number of aromatic nitrogens is 5. The number of halogens is 3. The predicted molar refractivity (Wildman–Crippen MR) is 171 cm³/mol. The molecule has 0 bridgehead atoms. The average molecular weight is 666 g/mol. The third-order valence-corrected chi connectivity index (χ3v) is 8.51. The molecule has 0 spiro atoms. The van der Waals surface area contributed by atoms with Crippen LogP contribution in [0, 0.1) is 6.92 Å². The van der Waals surface area contributed by atoms with Gasteiger partial charge in [0.15, 0.2) is 11.5 Å². The second kappa shape index (κ2) is 13.1. The lowest BCUT2D eigenvalue weighted by molar-refractivity contribution is -0.137. The molecule has 4 aromatic rings. The van der Waals surface area contributed by atoms with E-state index >= 15 is 0 Å². The van der Waals surface area contributed by atoms with Gasteiger partial charge in [0.2, 0.25) is 11.7 Å². The second-order valence-electron chi connectivity index (χ2n) is 11.6. The van der Waals surface area contributed by atoms with E-state index in [-0.39, 0.29) is 61.2 Å². The van der Waals surface area contributed by atoms with E-state index in [9.17, 15) is 32.7 Å². The van der Waals surface area contributed by atoms with Crippen LogP contribution in [-0.2, 0) is 23.9 Å². The molecule has 2 aliphatic rings. The average Bonchev–Trinajstić information content (AvgIpc) is 3.53. The molecule has 2 aliphatic heterocycles. The van der Waals surface area contributed by atoms with Crippen LogP contribution in [0.1, 0.15) is 46.5 Å². The van der Waals surface area contributed by atoms with Gasteiger partial charge in [0.25, 0.3) is 11.5 Å². The number of hydrogen-bond acceptors (Lipinski definition) is 9. The van der Waals surface area contributed by atoms with Gasteiger partial charge in [0, 0.05) is 44.6 Å². The Bertz CT molecular complexity index is 1980. The topological polar surface area (TPSA) is 150 Å². The third-order valence-electron chi connectivity index (χ3n) is 8.51. The minimum atomic E-state index is -4.52. The highest BCUT2D eigenvalue weighted by atomic mass is 19.4. The van der Waals surface area contributed by atoms with Crippen molar-refractivity contribution in [2.24, 2.45) is 0 Å². The minimum Gasteiger partial charge on any atom is -0.505 e. The zero-order valence-electron chi connectivity index (χ0n) is 26.3. The van der Waals surface area contributed by atoms with E-state index in [0.717, 1.165) is 17.7 Å². The largest absolute Gasteiger partial charge is 0.505 e. The monoisotopic (exact) mass is 665 g/mol. The molecule has 1 saturated heterocycles. The van der Waals surface area contributed by atoms with Crippen LogP contribution >= 0.6 is 0 Å². The van der Waals surface area contributed by atoms with Crippen LogP contribution in [0.4, 0.5) is 24.5 Å². The number of piperazine rings is 1. The molecule has 5 heterocycles. The highest BCUT2D eigenvalue weighted by molar-refractivity contribution is 5.95. The van der Waals surface area contributed by atoms with E-state index in [1.54, 1.807) is 9.47 Å². The Balaban J connectivity index is 1.35. The summed E-state index contributed by atoms with van der Waals surface area (Å²) in [4.78, 5) is 52.8. The Morgan fingerprint density at radius 3 is 2.54 bits per heavy atom. The van der Waals surface area contributed by atoms with Crippen LogP contribution in [0.3, 0.4) is 0 Å². The van der Waals surface area contributed by atoms with Crippen LogP contribution in [-0.4, -0.2) is 85.2 Å². The summed E-state index contributed by atoms with van der Waals surface area (Å²) in [7, 11) is 0. The summed E-state index contributed by atoms with van der Waals surface area (Å²) in [5, 5.41) is 20.6. The number of rotatable bonds is 7. The van der Waals surface area contributed by atoms with Gasteiger partial charge >= 0.3 is 6.18 Å². The molecule has 0 aliphatic carbocycles. The van der Waals surface area contributed by atoms with Crippen molar-refractivity contribution in [3.63, 3.8) is 0 Å². The SMILES string of the molecule is CCc1c(N2CCN(C(=O)c3ncccc3O)CC2)c(=O)n2nc(C3=CCNCC3)nc2n1CC(=O)Nc1ccc(C(F)(F)F)cc1C. The fourth-order valence-electron chi connectivity index (χ4n) is 6.05. The Kier molecular flexibility index (Phi) is 8.92. The first-order valence-corrected chi connectivity index (χ1v) is 15.5. The lowest BCUT2D eigenvalue weighted by Crippen LogP contribution is -2.51. The molecule has 13 nitrogen and oxygen atoms in total. The van der Waals surface area contributed by atoms with Gasteiger partial charge in [0.05, 0.1) is 11.3 Å². The summed E-state index contributed by atoms with van der Waals surface area (Å²) in [6, 6.07) is 6.02. The summed E-state index contributed by atoms with van der Waals surface area (Å²) in [6.07, 6.45) is -0.160. The van der Waals surface area contributed by atoms with Crippen LogP contribution in [0.15, 0.2) is 47.4 Å². The number of fused-ring (bicyclic) bond motifs is 1. The quantitative estimate of drug-likeness (QED) is 0.271. The van der Waals surface area contributed by atoms with Gasteiger partial charge in [-0.1, -0.05) is 13.0 Å². The van der Waals surface area contributed by atoms with Gasteiger partial charge in [-0.05, 0) is 67.8 Å². The van der Waals surface area contributed by atoms with Gasteiger partial charge in [-0.2, -0.15) is 22.7 Å². The van der Waals surface area contributed by atoms with Crippen molar-refractivity contribution in [1.82, 2.24) is 34.4 Å². The molecule has 16 heteroatoms. The fourth-order valence-corrected chi connectivity index (χ4v) is 6.05. The normalized spacial score (nSPS) is 15.5. The first kappa shape index (κ1) is 32.7. The number of pyridine rings is 1. The minimum absolute atomic E-state index is 0.0550. The lowest BCUT2D eigenvalue weighted by Gasteiger charge is -2.36. The number of aromatic hydroxyl groups is 1. The fraction of sp³-hybridized carbons (Fsp3) is 0.375. The Morgan fingerprint density at radius 1 is 1.12 bits per heavy atom. The summed E-state index contributed by atoms with van der Waals surface area (Å²) >= 11 is 0. The van der Waals surface area contributed by atoms with Crippen molar-refractivity contribution < 1.29 is 27.9 Å². The molecule has 2 amide bonds. The highest BCUT2D eigenvalue weighted by Gasteiger charge is 2.32. The van der Waals surface area contributed by atoms with Crippen LogP contribution < -0.4 is 21.1 Å². The first-order valence-electron chi connectivity index (χ1n) is 15.5. The number of anilines is 2. The number of carbonyl (C=O) groups excluding carboxylic acids is 2. The molecule has 0 saturated carbocycles. The lowest BCUT2D eigenvalue weighted by atomic mass is 10.1. The summed E-state index contributed by atoms with van der Waals surface area (Å²) in [5.41, 5.74) is 0.865. The Morgan fingerprint density at radius 2 is 1.90 bits per heavy atom. The molecule has 3 N–H and O–H groups in total. The second-order valence-corrected chi connectivity index (χ2v) is 11.6. The molecular formula is C32H34F3N9O4. The van der Waals surface area contributed by atoms with Crippen molar-refractivity contribution in [2.45, 2.75) is 39.4 Å².